The zero-order valence-corrected chi connectivity index (χ0v) is 28.5. The number of ether oxygens (including phenoxy) is 4. The lowest BCUT2D eigenvalue weighted by molar-refractivity contribution is -0.213. The molecule has 1 aromatic carbocycles. The number of allylic oxidation sites excluding steroid dienone is 1. The zero-order valence-electron chi connectivity index (χ0n) is 27.7. The molecule has 3 fully saturated rings. The lowest BCUT2D eigenvalue weighted by Crippen LogP contribution is -2.51. The molecule has 10 atom stereocenters. The Bertz CT molecular complexity index is 1410. The van der Waals surface area contributed by atoms with E-state index in [-0.39, 0.29) is 23.5 Å². The van der Waals surface area contributed by atoms with Gasteiger partial charge in [0.25, 0.3) is 0 Å². The van der Waals surface area contributed by atoms with Crippen molar-refractivity contribution in [3.8, 4) is 5.75 Å². The molecule has 3 saturated carbocycles. The van der Waals surface area contributed by atoms with E-state index in [4.69, 9.17) is 35.4 Å². The van der Waals surface area contributed by atoms with Crippen LogP contribution in [0, 0.1) is 34.5 Å². The van der Waals surface area contributed by atoms with Gasteiger partial charge in [0, 0.05) is 30.9 Å². The number of benzene rings is 1. The van der Waals surface area contributed by atoms with Crippen LogP contribution in [-0.2, 0) is 28.5 Å². The van der Waals surface area contributed by atoms with Crippen LogP contribution in [0.3, 0.4) is 0 Å². The SMILES string of the molecule is CC(=O)OC[C@H]1OC(OC2CC[C@@]3(C)C(=CCC4C3CC[C@@]3(C)C4CC[C@@H]3/C(C)=N/Oc3cccc(Cl)c3)C2)C=C[C@@H]1OC(C)=O. The Kier molecular flexibility index (Phi) is 9.71. The average Bonchev–Trinajstić information content (AvgIpc) is 3.37. The van der Waals surface area contributed by atoms with Crippen LogP contribution in [0.4, 0.5) is 0 Å². The van der Waals surface area contributed by atoms with Gasteiger partial charge in [0.1, 0.15) is 18.8 Å². The summed E-state index contributed by atoms with van der Waals surface area (Å²) >= 11 is 6.14. The van der Waals surface area contributed by atoms with Gasteiger partial charge in [-0.3, -0.25) is 9.59 Å². The molecular weight excluding hydrogens is 606 g/mol. The van der Waals surface area contributed by atoms with Crippen molar-refractivity contribution in [2.24, 2.45) is 39.7 Å². The molecule has 0 amide bonds. The fraction of sp³-hybridized carbons (Fsp3) is 0.649. The van der Waals surface area contributed by atoms with Crippen LogP contribution in [0.1, 0.15) is 86.0 Å². The van der Waals surface area contributed by atoms with Gasteiger partial charge in [0.05, 0.1) is 11.8 Å². The number of fused-ring (bicyclic) bond motifs is 5. The molecular formula is C37H48ClNO7. The van der Waals surface area contributed by atoms with Crippen molar-refractivity contribution in [2.75, 3.05) is 6.61 Å². The highest BCUT2D eigenvalue weighted by Crippen LogP contribution is 2.66. The van der Waals surface area contributed by atoms with Crippen molar-refractivity contribution in [1.82, 2.24) is 0 Å². The van der Waals surface area contributed by atoms with Crippen molar-refractivity contribution in [1.29, 1.82) is 0 Å². The minimum atomic E-state index is -0.623. The van der Waals surface area contributed by atoms with E-state index >= 15 is 0 Å². The number of carbonyl (C=O) groups is 2. The maximum Gasteiger partial charge on any atom is 0.303 e. The lowest BCUT2D eigenvalue weighted by atomic mass is 9.47. The Morgan fingerprint density at radius 1 is 1.02 bits per heavy atom. The smallest absolute Gasteiger partial charge is 0.303 e. The van der Waals surface area contributed by atoms with Gasteiger partial charge in [-0.15, -0.1) is 0 Å². The number of oxime groups is 1. The van der Waals surface area contributed by atoms with Crippen molar-refractivity contribution in [3.63, 3.8) is 0 Å². The summed E-state index contributed by atoms with van der Waals surface area (Å²) in [6, 6.07) is 7.42. The Morgan fingerprint density at radius 2 is 1.85 bits per heavy atom. The standard InChI is InChI=1S/C37H48ClNO7/c1-22(39-46-28-8-6-7-26(38)20-28)30-11-12-31-29-10-9-25-19-27(15-17-36(25,4)32(29)16-18-37(30,31)5)44-35-14-13-33(43-24(3)41)34(45-35)21-42-23(2)40/h6-9,13-14,20,27,29-35H,10-12,15-19,21H2,1-5H3/b39-22+/t27?,29?,30-,31?,32?,33+,34-,35?,36+,37-/m1/s1. The third kappa shape index (κ3) is 6.67. The highest BCUT2D eigenvalue weighted by Gasteiger charge is 2.59. The summed E-state index contributed by atoms with van der Waals surface area (Å²) in [7, 11) is 0. The van der Waals surface area contributed by atoms with Gasteiger partial charge in [0.2, 0.25) is 0 Å². The van der Waals surface area contributed by atoms with Gasteiger partial charge in [-0.05, 0) is 111 Å². The van der Waals surface area contributed by atoms with Crippen LogP contribution in [0.25, 0.3) is 0 Å². The first-order valence-electron chi connectivity index (χ1n) is 16.9. The molecule has 5 aliphatic rings. The van der Waals surface area contributed by atoms with E-state index in [1.54, 1.807) is 18.2 Å². The molecule has 0 spiro atoms. The Hall–Kier alpha value is -2.68. The summed E-state index contributed by atoms with van der Waals surface area (Å²) in [5.74, 6) is 2.31. The monoisotopic (exact) mass is 653 g/mol. The molecule has 1 aliphatic heterocycles. The molecule has 1 heterocycles. The predicted octanol–water partition coefficient (Wildman–Crippen LogP) is 7.83. The molecule has 0 N–H and O–H groups in total. The van der Waals surface area contributed by atoms with Gasteiger partial charge in [0.15, 0.2) is 12.0 Å². The van der Waals surface area contributed by atoms with E-state index in [9.17, 15) is 9.59 Å². The first-order chi connectivity index (χ1) is 22.0. The molecule has 5 unspecified atom stereocenters. The van der Waals surface area contributed by atoms with Crippen LogP contribution >= 0.6 is 11.6 Å². The molecule has 0 radical (unpaired) electrons. The topological polar surface area (TPSA) is 92.7 Å². The first kappa shape index (κ1) is 33.2. The predicted molar refractivity (Wildman–Crippen MR) is 175 cm³/mol. The number of rotatable bonds is 8. The van der Waals surface area contributed by atoms with E-state index < -0.39 is 30.4 Å². The van der Waals surface area contributed by atoms with E-state index in [1.165, 1.54) is 38.7 Å². The summed E-state index contributed by atoms with van der Waals surface area (Å²) in [6.07, 6.45) is 13.3. The fourth-order valence-electron chi connectivity index (χ4n) is 9.67. The third-order valence-corrected chi connectivity index (χ3v) is 12.1. The fourth-order valence-corrected chi connectivity index (χ4v) is 9.85. The van der Waals surface area contributed by atoms with Gasteiger partial charge in [-0.25, -0.2) is 0 Å². The summed E-state index contributed by atoms with van der Waals surface area (Å²) in [5.41, 5.74) is 3.03. The van der Waals surface area contributed by atoms with Crippen LogP contribution in [0.2, 0.25) is 5.02 Å². The van der Waals surface area contributed by atoms with Gasteiger partial charge in [-0.2, -0.15) is 0 Å². The molecule has 4 aliphatic carbocycles. The van der Waals surface area contributed by atoms with Crippen molar-refractivity contribution < 1.29 is 33.4 Å². The molecule has 0 aromatic heterocycles. The van der Waals surface area contributed by atoms with Crippen LogP contribution in [0.5, 0.6) is 5.75 Å². The first-order valence-corrected chi connectivity index (χ1v) is 17.3. The molecule has 46 heavy (non-hydrogen) atoms. The highest BCUT2D eigenvalue weighted by atomic mass is 35.5. The summed E-state index contributed by atoms with van der Waals surface area (Å²) in [6.45, 7) is 9.84. The van der Waals surface area contributed by atoms with E-state index in [1.807, 2.05) is 18.2 Å². The number of nitrogens with zero attached hydrogens (tertiary/aromatic N) is 1. The molecule has 0 saturated heterocycles. The normalized spacial score (nSPS) is 38.6. The second-order valence-corrected chi connectivity index (χ2v) is 15.0. The number of esters is 2. The molecule has 9 heteroatoms. The zero-order chi connectivity index (χ0) is 32.6. The number of halogens is 1. The molecule has 6 rings (SSSR count). The Balaban J connectivity index is 1.10. The van der Waals surface area contributed by atoms with Gasteiger partial charge < -0.3 is 23.8 Å². The number of hydrogen-bond acceptors (Lipinski definition) is 8. The van der Waals surface area contributed by atoms with Gasteiger partial charge in [-0.1, -0.05) is 48.3 Å². The molecule has 0 bridgehead atoms. The van der Waals surface area contributed by atoms with Gasteiger partial charge >= 0.3 is 11.9 Å². The Labute approximate surface area is 277 Å². The molecule has 250 valence electrons. The maximum atomic E-state index is 11.6. The summed E-state index contributed by atoms with van der Waals surface area (Å²) in [4.78, 5) is 28.8. The molecule has 1 aromatic rings. The van der Waals surface area contributed by atoms with E-state index in [2.05, 4.69) is 32.0 Å². The Morgan fingerprint density at radius 3 is 2.61 bits per heavy atom. The maximum absolute atomic E-state index is 11.6. The minimum Gasteiger partial charge on any atom is -0.463 e. The number of hydrogen-bond donors (Lipinski definition) is 0. The minimum absolute atomic E-state index is 0.00428. The highest BCUT2D eigenvalue weighted by molar-refractivity contribution is 6.30. The average molecular weight is 654 g/mol. The van der Waals surface area contributed by atoms with Crippen molar-refractivity contribution in [2.45, 2.75) is 111 Å². The quantitative estimate of drug-likeness (QED) is 0.122. The van der Waals surface area contributed by atoms with Crippen LogP contribution in [0.15, 0.2) is 53.2 Å². The largest absolute Gasteiger partial charge is 0.463 e. The lowest BCUT2D eigenvalue weighted by Gasteiger charge is -2.58. The van der Waals surface area contributed by atoms with Crippen LogP contribution in [-0.4, -0.2) is 48.9 Å². The molecule has 8 nitrogen and oxygen atoms in total. The number of carbonyl (C=O) groups excluding carboxylic acids is 2. The summed E-state index contributed by atoms with van der Waals surface area (Å²) < 4.78 is 23.2. The summed E-state index contributed by atoms with van der Waals surface area (Å²) in [5, 5.41) is 5.25. The third-order valence-electron chi connectivity index (χ3n) is 11.9. The van der Waals surface area contributed by atoms with Crippen molar-refractivity contribution >= 4 is 29.3 Å². The van der Waals surface area contributed by atoms with E-state index in [0.29, 0.717) is 34.4 Å². The van der Waals surface area contributed by atoms with Crippen LogP contribution < -0.4 is 4.84 Å². The second-order valence-electron chi connectivity index (χ2n) is 14.5. The van der Waals surface area contributed by atoms with Crippen molar-refractivity contribution in [3.05, 3.63) is 53.1 Å². The van der Waals surface area contributed by atoms with E-state index in [0.717, 1.165) is 37.8 Å². The second kappa shape index (κ2) is 13.4.